The average Bonchev–Trinajstić information content (AvgIpc) is 2.52. The fraction of sp³-hybridized carbons (Fsp3) is 0.471. The lowest BCUT2D eigenvalue weighted by Crippen LogP contribution is -2.47. The predicted octanol–water partition coefficient (Wildman–Crippen LogP) is 3.89. The Hall–Kier alpha value is -1.97. The number of carbonyl (C=O) groups excluding carboxylic acids is 1. The van der Waals surface area contributed by atoms with Crippen LogP contribution in [0.25, 0.3) is 0 Å². The molecule has 1 saturated heterocycles. The summed E-state index contributed by atoms with van der Waals surface area (Å²) < 4.78 is 5.40. The third-order valence-electron chi connectivity index (χ3n) is 4.09. The maximum Gasteiger partial charge on any atom is 0.410 e. The van der Waals surface area contributed by atoms with E-state index in [-0.39, 0.29) is 30.4 Å². The van der Waals surface area contributed by atoms with Crippen molar-refractivity contribution in [2.45, 2.75) is 38.8 Å². The van der Waals surface area contributed by atoms with Crippen LogP contribution in [0.15, 0.2) is 42.7 Å². The van der Waals surface area contributed by atoms with Crippen LogP contribution in [-0.2, 0) is 11.3 Å². The molecule has 0 aromatic heterocycles. The fourth-order valence-electron chi connectivity index (χ4n) is 2.75. The molecule has 1 fully saturated rings. The van der Waals surface area contributed by atoms with Crippen LogP contribution < -0.4 is 0 Å². The number of carbonyl (C=O) groups is 1. The maximum atomic E-state index is 12.3. The number of aliphatic hydroxyl groups is 1. The summed E-state index contributed by atoms with van der Waals surface area (Å²) >= 11 is 0. The molecular weight excluding hydrogens is 266 g/mol. The molecule has 1 amide bonds. The second-order valence-electron chi connectivity index (χ2n) is 5.52. The van der Waals surface area contributed by atoms with Crippen LogP contribution in [0, 0.1) is 5.92 Å². The molecule has 0 radical (unpaired) electrons. The van der Waals surface area contributed by atoms with E-state index in [1.807, 2.05) is 30.3 Å². The number of piperidine rings is 1. The summed E-state index contributed by atoms with van der Waals surface area (Å²) in [5, 5.41) is 9.57. The molecule has 0 saturated carbocycles. The molecule has 1 N–H and O–H groups in total. The molecule has 1 heterocycles. The second kappa shape index (κ2) is 7.16. The molecule has 1 aromatic rings. The van der Waals surface area contributed by atoms with E-state index in [4.69, 9.17) is 4.74 Å². The molecule has 0 aliphatic carbocycles. The Labute approximate surface area is 126 Å². The minimum Gasteiger partial charge on any atom is -0.513 e. The van der Waals surface area contributed by atoms with Gasteiger partial charge in [-0.3, -0.25) is 0 Å². The molecule has 0 spiro atoms. The highest BCUT2D eigenvalue weighted by molar-refractivity contribution is 5.68. The standard InChI is InChI=1S/C17H23NO3/c1-3-16-10-9-15(13(2)19)11-18(16)17(20)21-12-14-7-5-4-6-8-14/h4-8,15-16,19H,2-3,9-12H2,1H3/t15-,16+/m1/s1. The summed E-state index contributed by atoms with van der Waals surface area (Å²) in [6.45, 7) is 6.42. The molecule has 114 valence electrons. The van der Waals surface area contributed by atoms with Gasteiger partial charge in [0, 0.05) is 18.5 Å². The van der Waals surface area contributed by atoms with E-state index in [1.165, 1.54) is 0 Å². The number of amides is 1. The van der Waals surface area contributed by atoms with Gasteiger partial charge in [-0.05, 0) is 24.8 Å². The number of hydrogen-bond acceptors (Lipinski definition) is 3. The second-order valence-corrected chi connectivity index (χ2v) is 5.52. The first kappa shape index (κ1) is 15.4. The van der Waals surface area contributed by atoms with E-state index in [0.717, 1.165) is 24.8 Å². The van der Waals surface area contributed by atoms with Crippen molar-refractivity contribution in [2.24, 2.45) is 5.92 Å². The SMILES string of the molecule is C=C(O)[C@@H]1CC[C@H](CC)N(C(=O)OCc2ccccc2)C1. The minimum atomic E-state index is -0.309. The highest BCUT2D eigenvalue weighted by Crippen LogP contribution is 2.27. The summed E-state index contributed by atoms with van der Waals surface area (Å²) in [7, 11) is 0. The van der Waals surface area contributed by atoms with Gasteiger partial charge in [-0.2, -0.15) is 0 Å². The number of rotatable bonds is 4. The van der Waals surface area contributed by atoms with E-state index in [0.29, 0.717) is 6.54 Å². The first-order valence-corrected chi connectivity index (χ1v) is 7.47. The number of ether oxygens (including phenoxy) is 1. The molecule has 4 nitrogen and oxygen atoms in total. The molecular formula is C17H23NO3. The van der Waals surface area contributed by atoms with E-state index in [9.17, 15) is 9.90 Å². The number of likely N-dealkylation sites (tertiary alicyclic amines) is 1. The van der Waals surface area contributed by atoms with Gasteiger partial charge in [-0.25, -0.2) is 4.79 Å². The van der Waals surface area contributed by atoms with Gasteiger partial charge in [-0.15, -0.1) is 0 Å². The van der Waals surface area contributed by atoms with Crippen molar-refractivity contribution >= 4 is 6.09 Å². The van der Waals surface area contributed by atoms with E-state index in [2.05, 4.69) is 13.5 Å². The van der Waals surface area contributed by atoms with Gasteiger partial charge >= 0.3 is 6.09 Å². The van der Waals surface area contributed by atoms with Crippen molar-refractivity contribution in [1.82, 2.24) is 4.90 Å². The predicted molar refractivity (Wildman–Crippen MR) is 81.9 cm³/mol. The largest absolute Gasteiger partial charge is 0.513 e. The van der Waals surface area contributed by atoms with Crippen LogP contribution in [0.4, 0.5) is 4.79 Å². The summed E-state index contributed by atoms with van der Waals surface area (Å²) in [5.41, 5.74) is 0.971. The molecule has 21 heavy (non-hydrogen) atoms. The summed E-state index contributed by atoms with van der Waals surface area (Å²) in [6, 6.07) is 9.82. The summed E-state index contributed by atoms with van der Waals surface area (Å²) in [4.78, 5) is 14.0. The Morgan fingerprint density at radius 2 is 2.10 bits per heavy atom. The number of aliphatic hydroxyl groups excluding tert-OH is 1. The van der Waals surface area contributed by atoms with Crippen LogP contribution in [-0.4, -0.2) is 28.7 Å². The van der Waals surface area contributed by atoms with Crippen LogP contribution in [0.1, 0.15) is 31.7 Å². The maximum absolute atomic E-state index is 12.3. The van der Waals surface area contributed by atoms with E-state index in [1.54, 1.807) is 4.90 Å². The Kier molecular flexibility index (Phi) is 5.26. The summed E-state index contributed by atoms with van der Waals surface area (Å²) in [5.74, 6) is 0.113. The zero-order valence-corrected chi connectivity index (χ0v) is 12.5. The van der Waals surface area contributed by atoms with Crippen LogP contribution >= 0.6 is 0 Å². The fourth-order valence-corrected chi connectivity index (χ4v) is 2.75. The quantitative estimate of drug-likeness (QED) is 0.856. The zero-order chi connectivity index (χ0) is 15.2. The molecule has 1 aromatic carbocycles. The lowest BCUT2D eigenvalue weighted by Gasteiger charge is -2.38. The number of nitrogens with zero attached hydrogens (tertiary/aromatic N) is 1. The van der Waals surface area contributed by atoms with Gasteiger partial charge < -0.3 is 14.7 Å². The molecule has 4 heteroatoms. The third-order valence-corrected chi connectivity index (χ3v) is 4.09. The Balaban J connectivity index is 1.96. The van der Waals surface area contributed by atoms with Crippen molar-refractivity contribution in [2.75, 3.05) is 6.54 Å². The van der Waals surface area contributed by atoms with Gasteiger partial charge in [0.1, 0.15) is 6.61 Å². The Bertz CT molecular complexity index is 486. The van der Waals surface area contributed by atoms with Crippen molar-refractivity contribution in [3.63, 3.8) is 0 Å². The lowest BCUT2D eigenvalue weighted by atomic mass is 9.91. The highest BCUT2D eigenvalue weighted by Gasteiger charge is 2.32. The van der Waals surface area contributed by atoms with Crippen molar-refractivity contribution in [3.05, 3.63) is 48.2 Å². The van der Waals surface area contributed by atoms with Gasteiger partial charge in [0.25, 0.3) is 0 Å². The third kappa shape index (κ3) is 4.00. The topological polar surface area (TPSA) is 49.8 Å². The molecule has 0 unspecified atom stereocenters. The normalized spacial score (nSPS) is 21.9. The first-order valence-electron chi connectivity index (χ1n) is 7.47. The van der Waals surface area contributed by atoms with Gasteiger partial charge in [0.05, 0.1) is 5.76 Å². The average molecular weight is 289 g/mol. The Morgan fingerprint density at radius 3 is 2.71 bits per heavy atom. The van der Waals surface area contributed by atoms with Crippen LogP contribution in [0.3, 0.4) is 0 Å². The molecule has 1 aliphatic rings. The monoisotopic (exact) mass is 289 g/mol. The minimum absolute atomic E-state index is 0.0444. The Morgan fingerprint density at radius 1 is 1.38 bits per heavy atom. The van der Waals surface area contributed by atoms with E-state index < -0.39 is 0 Å². The molecule has 1 aliphatic heterocycles. The van der Waals surface area contributed by atoms with Crippen molar-refractivity contribution in [3.8, 4) is 0 Å². The highest BCUT2D eigenvalue weighted by atomic mass is 16.6. The molecule has 0 bridgehead atoms. The number of benzene rings is 1. The number of hydrogen-bond donors (Lipinski definition) is 1. The van der Waals surface area contributed by atoms with Crippen LogP contribution in [0.2, 0.25) is 0 Å². The first-order chi connectivity index (χ1) is 10.1. The van der Waals surface area contributed by atoms with Crippen LogP contribution in [0.5, 0.6) is 0 Å². The van der Waals surface area contributed by atoms with Crippen molar-refractivity contribution < 1.29 is 14.6 Å². The zero-order valence-electron chi connectivity index (χ0n) is 12.5. The lowest BCUT2D eigenvalue weighted by molar-refractivity contribution is 0.0527. The van der Waals surface area contributed by atoms with Gasteiger partial charge in [-0.1, -0.05) is 43.8 Å². The van der Waals surface area contributed by atoms with Crippen molar-refractivity contribution in [1.29, 1.82) is 0 Å². The van der Waals surface area contributed by atoms with Gasteiger partial charge in [0.2, 0.25) is 0 Å². The molecule has 2 rings (SSSR count). The van der Waals surface area contributed by atoms with E-state index >= 15 is 0 Å². The summed E-state index contributed by atoms with van der Waals surface area (Å²) in [6.07, 6.45) is 2.33. The van der Waals surface area contributed by atoms with Gasteiger partial charge in [0.15, 0.2) is 0 Å². The smallest absolute Gasteiger partial charge is 0.410 e. The molecule has 2 atom stereocenters.